The number of anilines is 1. The number of carbonyl (C=O) groups excluding carboxylic acids is 2. The number of ether oxygens (including phenoxy) is 1. The number of nitrogens with zero attached hydrogens (tertiary/aromatic N) is 2. The SMILES string of the molecule is O=C(COc1ccc(/C=N/NC(=O)c2ccncc2)cc1)Nc1ccc(Cl)cc1. The molecule has 0 aliphatic rings. The summed E-state index contributed by atoms with van der Waals surface area (Å²) in [6, 6.07) is 16.9. The van der Waals surface area contributed by atoms with Crippen LogP contribution in [0.25, 0.3) is 0 Å². The molecular formula is C21H17ClN4O3. The predicted octanol–water partition coefficient (Wildman–Crippen LogP) is 3.52. The van der Waals surface area contributed by atoms with E-state index in [2.05, 4.69) is 20.8 Å². The van der Waals surface area contributed by atoms with Crippen molar-refractivity contribution in [3.05, 3.63) is 89.2 Å². The van der Waals surface area contributed by atoms with E-state index in [1.807, 2.05) is 0 Å². The van der Waals surface area contributed by atoms with Crippen LogP contribution in [0, 0.1) is 0 Å². The zero-order valence-electron chi connectivity index (χ0n) is 15.2. The molecule has 146 valence electrons. The molecule has 3 aromatic rings. The minimum Gasteiger partial charge on any atom is -0.484 e. The van der Waals surface area contributed by atoms with Gasteiger partial charge in [-0.1, -0.05) is 11.6 Å². The number of nitrogens with one attached hydrogen (secondary N) is 2. The van der Waals surface area contributed by atoms with Crippen LogP contribution in [-0.4, -0.2) is 29.6 Å². The van der Waals surface area contributed by atoms with Crippen LogP contribution in [0.3, 0.4) is 0 Å². The Morgan fingerprint density at radius 3 is 2.38 bits per heavy atom. The molecule has 8 heteroatoms. The molecule has 2 aromatic carbocycles. The topological polar surface area (TPSA) is 92.7 Å². The second-order valence-corrected chi connectivity index (χ2v) is 6.28. The lowest BCUT2D eigenvalue weighted by atomic mass is 10.2. The molecule has 0 unspecified atom stereocenters. The van der Waals surface area contributed by atoms with Gasteiger partial charge >= 0.3 is 0 Å². The molecular weight excluding hydrogens is 392 g/mol. The molecule has 2 N–H and O–H groups in total. The van der Waals surface area contributed by atoms with Gasteiger partial charge in [-0.2, -0.15) is 5.10 Å². The van der Waals surface area contributed by atoms with E-state index in [4.69, 9.17) is 16.3 Å². The first-order chi connectivity index (χ1) is 14.1. The quantitative estimate of drug-likeness (QED) is 0.462. The van der Waals surface area contributed by atoms with E-state index in [1.54, 1.807) is 60.7 Å². The normalized spacial score (nSPS) is 10.5. The molecule has 0 saturated heterocycles. The minimum atomic E-state index is -0.324. The van der Waals surface area contributed by atoms with E-state index in [9.17, 15) is 9.59 Å². The van der Waals surface area contributed by atoms with Crippen molar-refractivity contribution in [3.8, 4) is 5.75 Å². The van der Waals surface area contributed by atoms with Crippen molar-refractivity contribution in [2.24, 2.45) is 5.10 Å². The number of carbonyl (C=O) groups is 2. The largest absolute Gasteiger partial charge is 0.484 e. The van der Waals surface area contributed by atoms with Crippen molar-refractivity contribution in [2.45, 2.75) is 0 Å². The molecule has 3 rings (SSSR count). The molecule has 0 aliphatic heterocycles. The van der Waals surface area contributed by atoms with Gasteiger partial charge in [0.05, 0.1) is 6.21 Å². The van der Waals surface area contributed by atoms with Crippen molar-refractivity contribution in [2.75, 3.05) is 11.9 Å². The summed E-state index contributed by atoms with van der Waals surface area (Å²) in [5.41, 5.74) is 4.31. The van der Waals surface area contributed by atoms with Gasteiger partial charge in [0, 0.05) is 28.7 Å². The zero-order valence-corrected chi connectivity index (χ0v) is 16.0. The maximum Gasteiger partial charge on any atom is 0.271 e. The average Bonchev–Trinajstić information content (AvgIpc) is 2.75. The van der Waals surface area contributed by atoms with E-state index in [0.717, 1.165) is 5.56 Å². The van der Waals surface area contributed by atoms with Gasteiger partial charge in [0.2, 0.25) is 0 Å². The van der Waals surface area contributed by atoms with Crippen LogP contribution in [0.5, 0.6) is 5.75 Å². The Morgan fingerprint density at radius 2 is 1.69 bits per heavy atom. The van der Waals surface area contributed by atoms with E-state index < -0.39 is 0 Å². The summed E-state index contributed by atoms with van der Waals surface area (Å²) in [6.45, 7) is -0.127. The smallest absolute Gasteiger partial charge is 0.271 e. The van der Waals surface area contributed by atoms with Crippen LogP contribution in [-0.2, 0) is 4.79 Å². The van der Waals surface area contributed by atoms with Gasteiger partial charge in [0.1, 0.15) is 5.75 Å². The van der Waals surface area contributed by atoms with Crippen molar-refractivity contribution in [3.63, 3.8) is 0 Å². The summed E-state index contributed by atoms with van der Waals surface area (Å²) >= 11 is 5.81. The third-order valence-corrected chi connectivity index (χ3v) is 3.95. The van der Waals surface area contributed by atoms with Gasteiger partial charge in [0.15, 0.2) is 6.61 Å². The van der Waals surface area contributed by atoms with Crippen LogP contribution in [0.2, 0.25) is 5.02 Å². The molecule has 2 amide bonds. The molecule has 1 aromatic heterocycles. The van der Waals surface area contributed by atoms with E-state index in [1.165, 1.54) is 18.6 Å². The summed E-state index contributed by atoms with van der Waals surface area (Å²) < 4.78 is 5.46. The first-order valence-corrected chi connectivity index (χ1v) is 9.00. The standard InChI is InChI=1S/C21H17ClN4O3/c22-17-3-5-18(6-4-17)25-20(27)14-29-19-7-1-15(2-8-19)13-24-26-21(28)16-9-11-23-12-10-16/h1-13H,14H2,(H,25,27)(H,26,28)/b24-13+. The number of pyridine rings is 1. The third-order valence-electron chi connectivity index (χ3n) is 3.70. The molecule has 29 heavy (non-hydrogen) atoms. The van der Waals surface area contributed by atoms with Crippen LogP contribution in [0.1, 0.15) is 15.9 Å². The summed E-state index contributed by atoms with van der Waals surface area (Å²) in [6.07, 6.45) is 4.58. The highest BCUT2D eigenvalue weighted by molar-refractivity contribution is 6.30. The zero-order chi connectivity index (χ0) is 20.5. The van der Waals surface area contributed by atoms with Crippen LogP contribution >= 0.6 is 11.6 Å². The number of amides is 2. The van der Waals surface area contributed by atoms with Crippen LogP contribution in [0.4, 0.5) is 5.69 Å². The number of hydrogen-bond acceptors (Lipinski definition) is 5. The van der Waals surface area contributed by atoms with E-state index >= 15 is 0 Å². The maximum atomic E-state index is 11.9. The van der Waals surface area contributed by atoms with Crippen molar-refractivity contribution in [1.29, 1.82) is 0 Å². The molecule has 0 atom stereocenters. The Morgan fingerprint density at radius 1 is 1.00 bits per heavy atom. The van der Waals surface area contributed by atoms with Crippen molar-refractivity contribution in [1.82, 2.24) is 10.4 Å². The Hall–Kier alpha value is -3.71. The minimum absolute atomic E-state index is 0.127. The number of rotatable bonds is 7. The fourth-order valence-corrected chi connectivity index (χ4v) is 2.39. The molecule has 1 heterocycles. The molecule has 0 bridgehead atoms. The number of halogens is 1. The Labute approximate surface area is 172 Å². The fourth-order valence-electron chi connectivity index (χ4n) is 2.26. The third kappa shape index (κ3) is 6.44. The van der Waals surface area contributed by atoms with Gasteiger partial charge in [-0.3, -0.25) is 14.6 Å². The number of benzene rings is 2. The van der Waals surface area contributed by atoms with Gasteiger partial charge in [-0.15, -0.1) is 0 Å². The first-order valence-electron chi connectivity index (χ1n) is 8.62. The van der Waals surface area contributed by atoms with Gasteiger partial charge in [0.25, 0.3) is 11.8 Å². The summed E-state index contributed by atoms with van der Waals surface area (Å²) in [5.74, 6) is -0.0682. The lowest BCUT2D eigenvalue weighted by Crippen LogP contribution is -2.20. The van der Waals surface area contributed by atoms with Gasteiger partial charge < -0.3 is 10.1 Å². The second kappa shape index (κ2) is 10.0. The number of hydrazone groups is 1. The highest BCUT2D eigenvalue weighted by atomic mass is 35.5. The highest BCUT2D eigenvalue weighted by Gasteiger charge is 2.04. The molecule has 7 nitrogen and oxygen atoms in total. The van der Waals surface area contributed by atoms with E-state index in [0.29, 0.717) is 22.0 Å². The summed E-state index contributed by atoms with van der Waals surface area (Å²) in [7, 11) is 0. The van der Waals surface area contributed by atoms with Crippen molar-refractivity contribution < 1.29 is 14.3 Å². The monoisotopic (exact) mass is 408 g/mol. The van der Waals surface area contributed by atoms with E-state index in [-0.39, 0.29) is 18.4 Å². The van der Waals surface area contributed by atoms with Crippen molar-refractivity contribution >= 4 is 35.3 Å². The first kappa shape index (κ1) is 20.0. The lowest BCUT2D eigenvalue weighted by molar-refractivity contribution is -0.118. The van der Waals surface area contributed by atoms with Gasteiger partial charge in [-0.05, 0) is 66.2 Å². The average molecular weight is 409 g/mol. The molecule has 0 radical (unpaired) electrons. The fraction of sp³-hybridized carbons (Fsp3) is 0.0476. The lowest BCUT2D eigenvalue weighted by Gasteiger charge is -2.08. The maximum absolute atomic E-state index is 11.9. The number of hydrogen-bond donors (Lipinski definition) is 2. The van der Waals surface area contributed by atoms with Gasteiger partial charge in [-0.25, -0.2) is 5.43 Å². The molecule has 0 aliphatic carbocycles. The summed E-state index contributed by atoms with van der Waals surface area (Å²) in [4.78, 5) is 27.6. The summed E-state index contributed by atoms with van der Waals surface area (Å²) in [5, 5.41) is 7.23. The molecule has 0 saturated carbocycles. The predicted molar refractivity (Wildman–Crippen MR) is 111 cm³/mol. The highest BCUT2D eigenvalue weighted by Crippen LogP contribution is 2.14. The Balaban J connectivity index is 1.45. The Kier molecular flexibility index (Phi) is 6.91. The number of aromatic nitrogens is 1. The second-order valence-electron chi connectivity index (χ2n) is 5.85. The van der Waals surface area contributed by atoms with Crippen LogP contribution in [0.15, 0.2) is 78.2 Å². The Bertz CT molecular complexity index is 991. The molecule has 0 fully saturated rings. The molecule has 0 spiro atoms. The van der Waals surface area contributed by atoms with Crippen LogP contribution < -0.4 is 15.5 Å².